The molecule has 0 saturated heterocycles. The van der Waals surface area contributed by atoms with Gasteiger partial charge in [-0.3, -0.25) is 9.59 Å². The number of dihydropyridines is 1. The standard InChI is InChI=1S/C29H37NO6/c1-16(2)35-22-14-10-9-13-20(22)25-24(29(33)36-19-11-7-6-8-12-19)18(4)30-21-15-17(3)23(28(32)34-5)27(31)26(21)25/h9-10,13-14,16-17,19,23,25,30H,6-8,11-12,15H2,1-5H3/t17-,23-,25+/m0/s1. The average molecular weight is 496 g/mol. The zero-order valence-corrected chi connectivity index (χ0v) is 21.9. The molecule has 7 heteroatoms. The molecular formula is C29H37NO6. The van der Waals surface area contributed by atoms with E-state index < -0.39 is 23.8 Å². The summed E-state index contributed by atoms with van der Waals surface area (Å²) < 4.78 is 17.1. The number of rotatable bonds is 6. The lowest BCUT2D eigenvalue weighted by Crippen LogP contribution is -2.43. The van der Waals surface area contributed by atoms with Crippen molar-refractivity contribution in [3.05, 3.63) is 52.4 Å². The third-order valence-electron chi connectivity index (χ3n) is 7.38. The van der Waals surface area contributed by atoms with Gasteiger partial charge in [0, 0.05) is 22.5 Å². The first-order valence-corrected chi connectivity index (χ1v) is 13.0. The van der Waals surface area contributed by atoms with Gasteiger partial charge in [0.15, 0.2) is 5.78 Å². The highest BCUT2D eigenvalue weighted by molar-refractivity contribution is 6.12. The molecule has 4 rings (SSSR count). The van der Waals surface area contributed by atoms with Crippen molar-refractivity contribution in [2.45, 2.75) is 84.3 Å². The van der Waals surface area contributed by atoms with Crippen LogP contribution >= 0.6 is 0 Å². The van der Waals surface area contributed by atoms with Gasteiger partial charge in [0.2, 0.25) is 0 Å². The number of allylic oxidation sites excluding steroid dienone is 3. The molecule has 0 spiro atoms. The molecule has 1 heterocycles. The highest BCUT2D eigenvalue weighted by atomic mass is 16.5. The molecule has 1 aromatic rings. The summed E-state index contributed by atoms with van der Waals surface area (Å²) in [7, 11) is 1.30. The Bertz CT molecular complexity index is 1090. The Morgan fingerprint density at radius 3 is 2.44 bits per heavy atom. The van der Waals surface area contributed by atoms with Crippen LogP contribution in [0.25, 0.3) is 0 Å². The van der Waals surface area contributed by atoms with Gasteiger partial charge in [0.05, 0.1) is 24.7 Å². The van der Waals surface area contributed by atoms with E-state index in [2.05, 4.69) is 5.32 Å². The molecule has 0 aromatic heterocycles. The Morgan fingerprint density at radius 1 is 1.08 bits per heavy atom. The van der Waals surface area contributed by atoms with E-state index in [0.717, 1.165) is 37.8 Å². The summed E-state index contributed by atoms with van der Waals surface area (Å²) >= 11 is 0. The van der Waals surface area contributed by atoms with Gasteiger partial charge in [-0.15, -0.1) is 0 Å². The first kappa shape index (κ1) is 26.0. The number of methoxy groups -OCH3 is 1. The second kappa shape index (κ2) is 10.9. The largest absolute Gasteiger partial charge is 0.491 e. The van der Waals surface area contributed by atoms with Gasteiger partial charge in [-0.2, -0.15) is 0 Å². The summed E-state index contributed by atoms with van der Waals surface area (Å²) in [5.41, 5.74) is 2.93. The monoisotopic (exact) mass is 495 g/mol. The molecule has 2 aliphatic carbocycles. The maximum atomic E-state index is 13.9. The molecule has 0 radical (unpaired) electrons. The maximum Gasteiger partial charge on any atom is 0.337 e. The number of benzene rings is 1. The summed E-state index contributed by atoms with van der Waals surface area (Å²) in [6.07, 6.45) is 5.17. The van der Waals surface area contributed by atoms with Crippen molar-refractivity contribution in [1.29, 1.82) is 0 Å². The van der Waals surface area contributed by atoms with Gasteiger partial charge in [-0.25, -0.2) is 4.79 Å². The molecular weight excluding hydrogens is 458 g/mol. The predicted octanol–water partition coefficient (Wildman–Crippen LogP) is 4.96. The number of ether oxygens (including phenoxy) is 3. The lowest BCUT2D eigenvalue weighted by Gasteiger charge is -2.39. The summed E-state index contributed by atoms with van der Waals surface area (Å²) in [6.45, 7) is 7.59. The van der Waals surface area contributed by atoms with Crippen LogP contribution in [0.5, 0.6) is 5.75 Å². The Hall–Kier alpha value is -3.09. The maximum absolute atomic E-state index is 13.9. The van der Waals surface area contributed by atoms with E-state index in [1.54, 1.807) is 0 Å². The average Bonchev–Trinajstić information content (AvgIpc) is 2.83. The van der Waals surface area contributed by atoms with Gasteiger partial charge in [-0.05, 0) is 64.9 Å². The van der Waals surface area contributed by atoms with E-state index >= 15 is 0 Å². The Kier molecular flexibility index (Phi) is 7.86. The smallest absolute Gasteiger partial charge is 0.337 e. The SMILES string of the molecule is COC(=O)[C@@H]1C(=O)C2=C(C[C@@H]1C)NC(C)=C(C(=O)OC1CCCCC1)[C@H]2c1ccccc1OC(C)C. The quantitative estimate of drug-likeness (QED) is 0.440. The summed E-state index contributed by atoms with van der Waals surface area (Å²) in [4.78, 5) is 40.3. The van der Waals surface area contributed by atoms with Crippen molar-refractivity contribution in [2.75, 3.05) is 7.11 Å². The number of esters is 2. The van der Waals surface area contributed by atoms with Crippen LogP contribution in [0.2, 0.25) is 0 Å². The molecule has 1 N–H and O–H groups in total. The van der Waals surface area contributed by atoms with Crippen molar-refractivity contribution in [1.82, 2.24) is 5.32 Å². The minimum Gasteiger partial charge on any atom is -0.491 e. The Morgan fingerprint density at radius 2 is 1.78 bits per heavy atom. The normalized spacial score (nSPS) is 24.8. The third kappa shape index (κ3) is 5.06. The molecule has 3 aliphatic rings. The van der Waals surface area contributed by atoms with E-state index in [1.807, 2.05) is 52.0 Å². The fourth-order valence-corrected chi connectivity index (χ4v) is 5.74. The van der Waals surface area contributed by atoms with Crippen LogP contribution in [0.15, 0.2) is 46.8 Å². The van der Waals surface area contributed by atoms with Crippen molar-refractivity contribution in [3.8, 4) is 5.75 Å². The summed E-state index contributed by atoms with van der Waals surface area (Å²) in [5.74, 6) is -2.57. The van der Waals surface area contributed by atoms with Crippen LogP contribution in [0, 0.1) is 11.8 Å². The number of para-hydroxylation sites is 1. The molecule has 194 valence electrons. The molecule has 1 fully saturated rings. The van der Waals surface area contributed by atoms with Crippen LogP contribution in [0.1, 0.15) is 77.7 Å². The Labute approximate surface area is 213 Å². The molecule has 36 heavy (non-hydrogen) atoms. The number of ketones is 1. The molecule has 1 aliphatic heterocycles. The zero-order valence-electron chi connectivity index (χ0n) is 21.9. The lowest BCUT2D eigenvalue weighted by molar-refractivity contribution is -0.151. The van der Waals surface area contributed by atoms with E-state index in [-0.39, 0.29) is 23.9 Å². The van der Waals surface area contributed by atoms with Gasteiger partial charge >= 0.3 is 11.9 Å². The minimum atomic E-state index is -0.926. The molecule has 0 unspecified atom stereocenters. The van der Waals surface area contributed by atoms with Gasteiger partial charge in [0.1, 0.15) is 17.8 Å². The number of carbonyl (C=O) groups excluding carboxylic acids is 3. The first-order valence-electron chi connectivity index (χ1n) is 13.0. The van der Waals surface area contributed by atoms with Crippen LogP contribution < -0.4 is 10.1 Å². The van der Waals surface area contributed by atoms with E-state index in [1.165, 1.54) is 7.11 Å². The summed E-state index contributed by atoms with van der Waals surface area (Å²) in [5, 5.41) is 3.33. The molecule has 7 nitrogen and oxygen atoms in total. The number of Topliss-reactive ketones (excluding diaryl/α,β-unsaturated/α-hetero) is 1. The van der Waals surface area contributed by atoms with Gasteiger partial charge in [-0.1, -0.05) is 31.5 Å². The number of nitrogens with one attached hydrogen (secondary N) is 1. The zero-order chi connectivity index (χ0) is 26.0. The molecule has 1 aromatic carbocycles. The van der Waals surface area contributed by atoms with E-state index in [0.29, 0.717) is 34.6 Å². The van der Waals surface area contributed by atoms with Gasteiger partial charge < -0.3 is 19.5 Å². The highest BCUT2D eigenvalue weighted by Gasteiger charge is 2.48. The fourth-order valence-electron chi connectivity index (χ4n) is 5.74. The molecule has 0 bridgehead atoms. The third-order valence-corrected chi connectivity index (χ3v) is 7.38. The fraction of sp³-hybridized carbons (Fsp3) is 0.552. The number of hydrogen-bond acceptors (Lipinski definition) is 7. The molecule has 3 atom stereocenters. The van der Waals surface area contributed by atoms with Crippen LogP contribution in [0.3, 0.4) is 0 Å². The Balaban J connectivity index is 1.83. The lowest BCUT2D eigenvalue weighted by atomic mass is 9.69. The van der Waals surface area contributed by atoms with Crippen molar-refractivity contribution in [2.24, 2.45) is 11.8 Å². The second-order valence-electron chi connectivity index (χ2n) is 10.4. The van der Waals surface area contributed by atoms with E-state index in [4.69, 9.17) is 14.2 Å². The molecule has 0 amide bonds. The summed E-state index contributed by atoms with van der Waals surface area (Å²) in [6, 6.07) is 7.48. The number of carbonyl (C=O) groups is 3. The highest BCUT2D eigenvalue weighted by Crippen LogP contribution is 2.48. The van der Waals surface area contributed by atoms with Crippen LogP contribution in [0.4, 0.5) is 0 Å². The van der Waals surface area contributed by atoms with Gasteiger partial charge in [0.25, 0.3) is 0 Å². The topological polar surface area (TPSA) is 90.9 Å². The van der Waals surface area contributed by atoms with Crippen molar-refractivity contribution < 1.29 is 28.6 Å². The second-order valence-corrected chi connectivity index (χ2v) is 10.4. The van der Waals surface area contributed by atoms with Crippen LogP contribution in [-0.2, 0) is 23.9 Å². The minimum absolute atomic E-state index is 0.103. The number of hydrogen-bond donors (Lipinski definition) is 1. The predicted molar refractivity (Wildman–Crippen MR) is 135 cm³/mol. The van der Waals surface area contributed by atoms with Crippen LogP contribution in [-0.4, -0.2) is 37.0 Å². The van der Waals surface area contributed by atoms with E-state index in [9.17, 15) is 14.4 Å². The van der Waals surface area contributed by atoms with Crippen molar-refractivity contribution in [3.63, 3.8) is 0 Å². The first-order chi connectivity index (χ1) is 17.2. The molecule has 1 saturated carbocycles. The van der Waals surface area contributed by atoms with Crippen molar-refractivity contribution >= 4 is 17.7 Å².